The van der Waals surface area contributed by atoms with Crippen molar-refractivity contribution in [3.8, 4) is 5.75 Å². The number of hydrogen-bond donors (Lipinski definition) is 4. The van der Waals surface area contributed by atoms with Gasteiger partial charge in [0, 0.05) is 49.8 Å². The first kappa shape index (κ1) is 25.1. The van der Waals surface area contributed by atoms with E-state index >= 15 is 0 Å². The lowest BCUT2D eigenvalue weighted by Crippen LogP contribution is -2.55. The van der Waals surface area contributed by atoms with Crippen molar-refractivity contribution in [3.05, 3.63) is 47.4 Å². The Morgan fingerprint density at radius 1 is 1.36 bits per heavy atom. The number of rotatable bonds is 10. The van der Waals surface area contributed by atoms with E-state index in [2.05, 4.69) is 20.9 Å². The number of aliphatic hydroxyl groups is 1. The Kier molecular flexibility index (Phi) is 8.15. The predicted octanol–water partition coefficient (Wildman–Crippen LogP) is 1.70. The van der Waals surface area contributed by atoms with Crippen molar-refractivity contribution in [2.24, 2.45) is 5.92 Å². The number of carbonyl (C=O) groups excluding carboxylic acids is 1. The van der Waals surface area contributed by atoms with Crippen LogP contribution in [0.5, 0.6) is 5.75 Å². The number of benzene rings is 1. The van der Waals surface area contributed by atoms with Crippen LogP contribution in [0, 0.1) is 11.7 Å². The molecule has 5 rings (SSSR count). The summed E-state index contributed by atoms with van der Waals surface area (Å²) in [4.78, 5) is 18.6. The van der Waals surface area contributed by atoms with Crippen molar-refractivity contribution < 1.29 is 23.4 Å². The van der Waals surface area contributed by atoms with Crippen molar-refractivity contribution in [1.29, 1.82) is 0 Å². The van der Waals surface area contributed by atoms with Crippen LogP contribution in [0.2, 0.25) is 0 Å². The van der Waals surface area contributed by atoms with Crippen LogP contribution in [0.3, 0.4) is 0 Å². The zero-order chi connectivity index (χ0) is 24.9. The summed E-state index contributed by atoms with van der Waals surface area (Å²) in [6.07, 6.45) is 8.30. The van der Waals surface area contributed by atoms with Gasteiger partial charge in [-0.25, -0.2) is 9.37 Å². The lowest BCUT2D eigenvalue weighted by Gasteiger charge is -2.36. The summed E-state index contributed by atoms with van der Waals surface area (Å²) in [6, 6.07) is 3.83. The van der Waals surface area contributed by atoms with Gasteiger partial charge in [-0.05, 0) is 50.3 Å². The first-order valence-electron chi connectivity index (χ1n) is 13.0. The largest absolute Gasteiger partial charge is 0.485 e. The number of aromatic nitrogens is 1. The van der Waals surface area contributed by atoms with Crippen molar-refractivity contribution in [2.75, 3.05) is 26.2 Å². The second-order valence-corrected chi connectivity index (χ2v) is 10.2. The fourth-order valence-electron chi connectivity index (χ4n) is 5.22. The highest BCUT2D eigenvalue weighted by molar-refractivity contribution is 5.78. The van der Waals surface area contributed by atoms with Gasteiger partial charge in [-0.3, -0.25) is 15.0 Å². The molecule has 9 nitrogen and oxygen atoms in total. The molecule has 0 bridgehead atoms. The molecule has 3 aliphatic rings. The molecule has 1 saturated heterocycles. The van der Waals surface area contributed by atoms with Gasteiger partial charge in [0.1, 0.15) is 18.2 Å². The molecule has 36 heavy (non-hydrogen) atoms. The lowest BCUT2D eigenvalue weighted by atomic mass is 9.90. The Labute approximate surface area is 210 Å². The smallest absolute Gasteiger partial charge is 0.223 e. The quantitative estimate of drug-likeness (QED) is 0.389. The summed E-state index contributed by atoms with van der Waals surface area (Å²) in [5.74, 6) is 0.674. The predicted molar refractivity (Wildman–Crippen MR) is 131 cm³/mol. The fraction of sp³-hybridized carbons (Fsp3) is 0.615. The molecule has 2 aromatic rings. The molecule has 1 saturated carbocycles. The van der Waals surface area contributed by atoms with Gasteiger partial charge < -0.3 is 24.9 Å². The van der Waals surface area contributed by atoms with Gasteiger partial charge in [0.15, 0.2) is 12.2 Å². The van der Waals surface area contributed by atoms with Crippen LogP contribution in [0.1, 0.15) is 49.0 Å². The molecule has 3 atom stereocenters. The number of ether oxygens (including phenoxy) is 1. The zero-order valence-electron chi connectivity index (χ0n) is 20.5. The minimum Gasteiger partial charge on any atom is -0.485 e. The standard InChI is InChI=1S/C26H36FN5O4/c27-24-10-21(35-15-22-12-28-16-36-22)8-17-5-7-32(14-23(17)24)13-20(33)11-30-26(34)18-4-6-29-25(9-18)31-19-2-1-3-19/h8,10,12,16,18-20,25,29,31,33H,1-7,9,11,13-15H2,(H,30,34)/t18?,20-,25?/m0/s1. The van der Waals surface area contributed by atoms with Crippen LogP contribution >= 0.6 is 0 Å². The summed E-state index contributed by atoms with van der Waals surface area (Å²) in [7, 11) is 0. The third-order valence-electron chi connectivity index (χ3n) is 7.50. The van der Waals surface area contributed by atoms with E-state index in [0.29, 0.717) is 49.2 Å². The first-order valence-corrected chi connectivity index (χ1v) is 13.0. The number of hydrogen-bond acceptors (Lipinski definition) is 8. The maximum atomic E-state index is 14.8. The Bertz CT molecular complexity index is 1020. The molecule has 1 amide bonds. The van der Waals surface area contributed by atoms with Crippen molar-refractivity contribution in [2.45, 2.75) is 70.0 Å². The van der Waals surface area contributed by atoms with Gasteiger partial charge in [0.05, 0.1) is 18.5 Å². The van der Waals surface area contributed by atoms with E-state index in [0.717, 1.165) is 24.9 Å². The number of oxazole rings is 1. The first-order chi connectivity index (χ1) is 17.5. The van der Waals surface area contributed by atoms with E-state index in [4.69, 9.17) is 9.15 Å². The van der Waals surface area contributed by atoms with E-state index < -0.39 is 6.10 Å². The highest BCUT2D eigenvalue weighted by Gasteiger charge is 2.30. The second-order valence-electron chi connectivity index (χ2n) is 10.2. The maximum Gasteiger partial charge on any atom is 0.223 e. The van der Waals surface area contributed by atoms with E-state index in [9.17, 15) is 14.3 Å². The second kappa shape index (κ2) is 11.7. The van der Waals surface area contributed by atoms with Crippen molar-refractivity contribution >= 4 is 5.91 Å². The van der Waals surface area contributed by atoms with Gasteiger partial charge in [0.25, 0.3) is 0 Å². The number of amides is 1. The normalized spacial score (nSPS) is 23.5. The number of nitrogens with zero attached hydrogens (tertiary/aromatic N) is 2. The maximum absolute atomic E-state index is 14.8. The molecule has 196 valence electrons. The molecule has 10 heteroatoms. The lowest BCUT2D eigenvalue weighted by molar-refractivity contribution is -0.126. The number of piperidine rings is 1. The van der Waals surface area contributed by atoms with E-state index in [-0.39, 0.29) is 37.0 Å². The van der Waals surface area contributed by atoms with E-state index in [1.807, 2.05) is 11.0 Å². The molecule has 2 fully saturated rings. The fourth-order valence-corrected chi connectivity index (χ4v) is 5.22. The van der Waals surface area contributed by atoms with Crippen LogP contribution in [0.4, 0.5) is 4.39 Å². The van der Waals surface area contributed by atoms with E-state index in [1.54, 1.807) is 6.20 Å². The topological polar surface area (TPSA) is 112 Å². The molecule has 4 N–H and O–H groups in total. The van der Waals surface area contributed by atoms with Gasteiger partial charge in [-0.15, -0.1) is 0 Å². The van der Waals surface area contributed by atoms with Crippen molar-refractivity contribution in [3.63, 3.8) is 0 Å². The molecule has 2 aliphatic heterocycles. The number of nitrogens with one attached hydrogen (secondary N) is 3. The Hall–Kier alpha value is -2.53. The van der Waals surface area contributed by atoms with E-state index in [1.165, 1.54) is 31.7 Å². The number of β-amino-alcohol motifs (C(OH)–C–C–N with tert-alkyl or cyclic N) is 1. The summed E-state index contributed by atoms with van der Waals surface area (Å²) in [5, 5.41) is 20.6. The Balaban J connectivity index is 1.06. The van der Waals surface area contributed by atoms with Crippen LogP contribution in [-0.2, 0) is 24.4 Å². The average Bonchev–Trinajstić information content (AvgIpc) is 3.38. The Morgan fingerprint density at radius 2 is 2.25 bits per heavy atom. The number of halogens is 1. The van der Waals surface area contributed by atoms with Gasteiger partial charge in [-0.1, -0.05) is 6.42 Å². The van der Waals surface area contributed by atoms with Gasteiger partial charge >= 0.3 is 0 Å². The minimum absolute atomic E-state index is 0.00357. The molecule has 1 aromatic carbocycles. The summed E-state index contributed by atoms with van der Waals surface area (Å²) in [6.45, 7) is 2.70. The highest BCUT2D eigenvalue weighted by atomic mass is 19.1. The zero-order valence-corrected chi connectivity index (χ0v) is 20.5. The molecule has 3 heterocycles. The molecule has 1 aliphatic carbocycles. The molecule has 1 aromatic heterocycles. The minimum atomic E-state index is -0.714. The summed E-state index contributed by atoms with van der Waals surface area (Å²) in [5.41, 5.74) is 1.54. The molecular formula is C26H36FN5O4. The molecular weight excluding hydrogens is 465 g/mol. The third kappa shape index (κ3) is 6.42. The summed E-state index contributed by atoms with van der Waals surface area (Å²) >= 11 is 0. The number of carbonyl (C=O) groups is 1. The molecule has 0 radical (unpaired) electrons. The SMILES string of the molecule is O=C(NC[C@H](O)CN1CCc2cc(OCc3cnco3)cc(F)c2C1)C1CCNC(NC2CCC2)C1. The summed E-state index contributed by atoms with van der Waals surface area (Å²) < 4.78 is 25.6. The highest BCUT2D eigenvalue weighted by Crippen LogP contribution is 2.28. The van der Waals surface area contributed by atoms with Crippen LogP contribution in [-0.4, -0.2) is 65.4 Å². The van der Waals surface area contributed by atoms with Crippen LogP contribution in [0.25, 0.3) is 0 Å². The average molecular weight is 502 g/mol. The number of fused-ring (bicyclic) bond motifs is 1. The monoisotopic (exact) mass is 501 g/mol. The van der Waals surface area contributed by atoms with Crippen LogP contribution < -0.4 is 20.7 Å². The van der Waals surface area contributed by atoms with Crippen molar-refractivity contribution in [1.82, 2.24) is 25.8 Å². The van der Waals surface area contributed by atoms with Gasteiger partial charge in [0.2, 0.25) is 5.91 Å². The Morgan fingerprint density at radius 3 is 3.03 bits per heavy atom. The number of aliphatic hydroxyl groups excluding tert-OH is 1. The molecule has 0 spiro atoms. The molecule has 2 unspecified atom stereocenters. The van der Waals surface area contributed by atoms with Gasteiger partial charge in [-0.2, -0.15) is 0 Å². The van der Waals surface area contributed by atoms with Crippen LogP contribution in [0.15, 0.2) is 29.1 Å². The third-order valence-corrected chi connectivity index (χ3v) is 7.50.